The van der Waals surface area contributed by atoms with Crippen molar-refractivity contribution in [3.05, 3.63) is 34.9 Å². The molecule has 0 saturated carbocycles. The van der Waals surface area contributed by atoms with Crippen LogP contribution < -0.4 is 10.6 Å². The minimum absolute atomic E-state index is 0.231. The van der Waals surface area contributed by atoms with E-state index in [0.717, 1.165) is 5.56 Å². The first kappa shape index (κ1) is 13.8. The van der Waals surface area contributed by atoms with Gasteiger partial charge in [0.05, 0.1) is 6.10 Å². The number of piperidine rings is 1. The maximum absolute atomic E-state index is 11.9. The van der Waals surface area contributed by atoms with Gasteiger partial charge in [-0.25, -0.2) is 0 Å². The minimum Gasteiger partial charge on any atom is -0.392 e. The lowest BCUT2D eigenvalue weighted by Crippen LogP contribution is -2.51. The first-order valence-corrected chi connectivity index (χ1v) is 6.44. The van der Waals surface area contributed by atoms with Crippen LogP contribution in [-0.4, -0.2) is 29.6 Å². The van der Waals surface area contributed by atoms with Gasteiger partial charge in [-0.1, -0.05) is 29.8 Å². The highest BCUT2D eigenvalue weighted by molar-refractivity contribution is 6.31. The van der Waals surface area contributed by atoms with E-state index in [2.05, 4.69) is 10.6 Å². The Labute approximate surface area is 116 Å². The Kier molecular flexibility index (Phi) is 4.39. The van der Waals surface area contributed by atoms with Gasteiger partial charge in [0, 0.05) is 18.1 Å². The van der Waals surface area contributed by atoms with E-state index < -0.39 is 23.8 Å². The van der Waals surface area contributed by atoms with Crippen molar-refractivity contribution in [2.24, 2.45) is 5.92 Å². The molecule has 1 aromatic carbocycles. The average Bonchev–Trinajstić information content (AvgIpc) is 2.37. The van der Waals surface area contributed by atoms with Gasteiger partial charge in [0.2, 0.25) is 11.8 Å². The van der Waals surface area contributed by atoms with E-state index >= 15 is 0 Å². The molecule has 1 fully saturated rings. The molecule has 2 amide bonds. The number of hydrogen-bond donors (Lipinski definition) is 3. The number of hydrogen-bond acceptors (Lipinski definition) is 3. The molecule has 1 heterocycles. The molecule has 0 aromatic heterocycles. The van der Waals surface area contributed by atoms with Crippen molar-refractivity contribution in [1.82, 2.24) is 10.6 Å². The summed E-state index contributed by atoms with van der Waals surface area (Å²) in [5.41, 5.74) is 0.767. The highest BCUT2D eigenvalue weighted by Gasteiger charge is 2.36. The standard InChI is InChI=1S/C13H15ClN2O3/c14-9-4-2-1-3-8(9)7-16-13(19)11-10(17)5-6-15-12(11)18/h1-4,10-11,17H,5-7H2,(H,15,18)(H,16,19). The van der Waals surface area contributed by atoms with Crippen LogP contribution in [0.4, 0.5) is 0 Å². The summed E-state index contributed by atoms with van der Waals surface area (Å²) in [4.78, 5) is 23.5. The van der Waals surface area contributed by atoms with Crippen molar-refractivity contribution in [3.63, 3.8) is 0 Å². The molecule has 1 aliphatic heterocycles. The molecule has 6 heteroatoms. The third-order valence-corrected chi connectivity index (χ3v) is 3.47. The zero-order chi connectivity index (χ0) is 13.8. The predicted molar refractivity (Wildman–Crippen MR) is 70.4 cm³/mol. The van der Waals surface area contributed by atoms with Crippen molar-refractivity contribution in [3.8, 4) is 0 Å². The third-order valence-electron chi connectivity index (χ3n) is 3.10. The number of halogens is 1. The van der Waals surface area contributed by atoms with Crippen LogP contribution in [0.2, 0.25) is 5.02 Å². The van der Waals surface area contributed by atoms with Crippen LogP contribution in [0.3, 0.4) is 0 Å². The molecule has 19 heavy (non-hydrogen) atoms. The third kappa shape index (κ3) is 3.24. The second kappa shape index (κ2) is 6.04. The molecule has 1 aromatic rings. The van der Waals surface area contributed by atoms with Gasteiger partial charge in [-0.15, -0.1) is 0 Å². The fraction of sp³-hybridized carbons (Fsp3) is 0.385. The predicted octanol–water partition coefficient (Wildman–Crippen LogP) is 0.453. The van der Waals surface area contributed by atoms with E-state index in [1.54, 1.807) is 18.2 Å². The summed E-state index contributed by atoms with van der Waals surface area (Å²) in [7, 11) is 0. The van der Waals surface area contributed by atoms with Crippen LogP contribution in [0.15, 0.2) is 24.3 Å². The summed E-state index contributed by atoms with van der Waals surface area (Å²) < 4.78 is 0. The van der Waals surface area contributed by atoms with Crippen LogP contribution in [0.5, 0.6) is 0 Å². The monoisotopic (exact) mass is 282 g/mol. The lowest BCUT2D eigenvalue weighted by molar-refractivity contribution is -0.142. The van der Waals surface area contributed by atoms with Gasteiger partial charge in [-0.2, -0.15) is 0 Å². The summed E-state index contributed by atoms with van der Waals surface area (Å²) in [6.07, 6.45) is -0.546. The first-order valence-electron chi connectivity index (χ1n) is 6.06. The first-order chi connectivity index (χ1) is 9.09. The second-order valence-corrected chi connectivity index (χ2v) is 4.84. The number of aliphatic hydroxyl groups is 1. The largest absolute Gasteiger partial charge is 0.392 e. The Morgan fingerprint density at radius 1 is 1.47 bits per heavy atom. The van der Waals surface area contributed by atoms with Gasteiger partial charge in [0.1, 0.15) is 5.92 Å². The lowest BCUT2D eigenvalue weighted by Gasteiger charge is -2.26. The summed E-state index contributed by atoms with van der Waals surface area (Å²) >= 11 is 5.97. The normalized spacial score (nSPS) is 22.7. The molecule has 0 spiro atoms. The second-order valence-electron chi connectivity index (χ2n) is 4.43. The van der Waals surface area contributed by atoms with Gasteiger partial charge < -0.3 is 15.7 Å². The van der Waals surface area contributed by atoms with Gasteiger partial charge in [-0.3, -0.25) is 9.59 Å². The van der Waals surface area contributed by atoms with E-state index in [1.165, 1.54) is 0 Å². The quantitative estimate of drug-likeness (QED) is 0.705. The SMILES string of the molecule is O=C1NCCC(O)C1C(=O)NCc1ccccc1Cl. The Morgan fingerprint density at radius 2 is 2.21 bits per heavy atom. The summed E-state index contributed by atoms with van der Waals surface area (Å²) in [5.74, 6) is -1.96. The number of carbonyl (C=O) groups excluding carboxylic acids is 2. The van der Waals surface area contributed by atoms with Crippen LogP contribution in [0.1, 0.15) is 12.0 Å². The van der Waals surface area contributed by atoms with Gasteiger partial charge in [-0.05, 0) is 18.1 Å². The molecule has 1 saturated heterocycles. The molecular weight excluding hydrogens is 268 g/mol. The van der Waals surface area contributed by atoms with E-state index in [1.807, 2.05) is 6.07 Å². The molecule has 0 aliphatic carbocycles. The molecule has 102 valence electrons. The van der Waals surface area contributed by atoms with Crippen molar-refractivity contribution in [2.75, 3.05) is 6.54 Å². The summed E-state index contributed by atoms with van der Waals surface area (Å²) in [6, 6.07) is 7.13. The number of amides is 2. The van der Waals surface area contributed by atoms with Crippen LogP contribution in [0.25, 0.3) is 0 Å². The van der Waals surface area contributed by atoms with Crippen LogP contribution in [0, 0.1) is 5.92 Å². The van der Waals surface area contributed by atoms with Gasteiger partial charge in [0.15, 0.2) is 0 Å². The molecule has 5 nitrogen and oxygen atoms in total. The maximum atomic E-state index is 11.9. The molecule has 3 N–H and O–H groups in total. The Hall–Kier alpha value is -1.59. The van der Waals surface area contributed by atoms with Gasteiger partial charge >= 0.3 is 0 Å². The topological polar surface area (TPSA) is 78.4 Å². The summed E-state index contributed by atoms with van der Waals surface area (Å²) in [5, 5.41) is 15.5. The highest BCUT2D eigenvalue weighted by Crippen LogP contribution is 2.16. The van der Waals surface area contributed by atoms with E-state index in [9.17, 15) is 14.7 Å². The van der Waals surface area contributed by atoms with Crippen molar-refractivity contribution < 1.29 is 14.7 Å². The fourth-order valence-electron chi connectivity index (χ4n) is 2.02. The number of aliphatic hydroxyl groups excluding tert-OH is 1. The lowest BCUT2D eigenvalue weighted by atomic mass is 9.94. The Balaban J connectivity index is 1.97. The Morgan fingerprint density at radius 3 is 2.89 bits per heavy atom. The van der Waals surface area contributed by atoms with Crippen molar-refractivity contribution >= 4 is 23.4 Å². The zero-order valence-corrected chi connectivity index (χ0v) is 11.0. The van der Waals surface area contributed by atoms with E-state index in [0.29, 0.717) is 18.0 Å². The van der Waals surface area contributed by atoms with Gasteiger partial charge in [0.25, 0.3) is 0 Å². The van der Waals surface area contributed by atoms with Crippen molar-refractivity contribution in [1.29, 1.82) is 0 Å². The molecule has 0 radical (unpaired) electrons. The van der Waals surface area contributed by atoms with Crippen LogP contribution in [-0.2, 0) is 16.1 Å². The molecule has 2 atom stereocenters. The maximum Gasteiger partial charge on any atom is 0.235 e. The number of benzene rings is 1. The average molecular weight is 283 g/mol. The zero-order valence-electron chi connectivity index (χ0n) is 10.2. The molecule has 2 unspecified atom stereocenters. The number of nitrogens with one attached hydrogen (secondary N) is 2. The van der Waals surface area contributed by atoms with E-state index in [-0.39, 0.29) is 6.54 Å². The molecule has 0 bridgehead atoms. The van der Waals surface area contributed by atoms with Crippen molar-refractivity contribution in [2.45, 2.75) is 19.1 Å². The van der Waals surface area contributed by atoms with Crippen LogP contribution >= 0.6 is 11.6 Å². The minimum atomic E-state index is -1.05. The highest BCUT2D eigenvalue weighted by atomic mass is 35.5. The number of rotatable bonds is 3. The smallest absolute Gasteiger partial charge is 0.235 e. The van der Waals surface area contributed by atoms with E-state index in [4.69, 9.17) is 11.6 Å². The molecule has 2 rings (SSSR count). The fourth-order valence-corrected chi connectivity index (χ4v) is 2.23. The number of carbonyl (C=O) groups is 2. The Bertz CT molecular complexity index is 493. The molecular formula is C13H15ClN2O3. The molecule has 1 aliphatic rings. The summed E-state index contributed by atoms with van der Waals surface area (Å²) in [6.45, 7) is 0.628.